The van der Waals surface area contributed by atoms with Crippen LogP contribution in [0, 0.1) is 13.8 Å². The number of carbonyl (C=O) groups is 1. The molecule has 8 nitrogen and oxygen atoms in total. The predicted octanol–water partition coefficient (Wildman–Crippen LogP) is 1.25. The van der Waals surface area contributed by atoms with Crippen molar-refractivity contribution in [2.75, 3.05) is 5.32 Å². The second-order valence-electron chi connectivity index (χ2n) is 4.51. The zero-order valence-corrected chi connectivity index (χ0v) is 11.5. The summed E-state index contributed by atoms with van der Waals surface area (Å²) in [5.41, 5.74) is 2.55. The molecular weight excluding hydrogens is 270 g/mol. The van der Waals surface area contributed by atoms with Gasteiger partial charge in [-0.2, -0.15) is 10.2 Å². The van der Waals surface area contributed by atoms with E-state index in [0.29, 0.717) is 22.8 Å². The number of pyridine rings is 1. The SMILES string of the molecule is Cc1n[nH]c(C)c1C(=O)Nc1ccc(-n2cncn2)nc1. The summed E-state index contributed by atoms with van der Waals surface area (Å²) >= 11 is 0. The van der Waals surface area contributed by atoms with Crippen LogP contribution in [0.2, 0.25) is 0 Å². The van der Waals surface area contributed by atoms with E-state index in [-0.39, 0.29) is 5.91 Å². The Bertz CT molecular complexity index is 739. The van der Waals surface area contributed by atoms with Gasteiger partial charge in [0.1, 0.15) is 12.7 Å². The Hall–Kier alpha value is -3.03. The third kappa shape index (κ3) is 2.50. The fraction of sp³-hybridized carbons (Fsp3) is 0.154. The number of aromatic nitrogens is 6. The van der Waals surface area contributed by atoms with Crippen LogP contribution in [-0.4, -0.2) is 35.9 Å². The molecule has 1 amide bonds. The highest BCUT2D eigenvalue weighted by atomic mass is 16.1. The number of hydrogen-bond acceptors (Lipinski definition) is 5. The summed E-state index contributed by atoms with van der Waals surface area (Å²) in [5, 5.41) is 13.6. The minimum atomic E-state index is -0.214. The highest BCUT2D eigenvalue weighted by molar-refractivity contribution is 6.05. The lowest BCUT2D eigenvalue weighted by atomic mass is 10.2. The Labute approximate surface area is 120 Å². The molecule has 3 rings (SSSR count). The molecule has 0 aliphatic carbocycles. The first-order valence-corrected chi connectivity index (χ1v) is 6.29. The lowest BCUT2D eigenvalue weighted by molar-refractivity contribution is 0.102. The maximum Gasteiger partial charge on any atom is 0.259 e. The van der Waals surface area contributed by atoms with Gasteiger partial charge >= 0.3 is 0 Å². The van der Waals surface area contributed by atoms with Crippen molar-refractivity contribution in [3.8, 4) is 5.82 Å². The van der Waals surface area contributed by atoms with Gasteiger partial charge in [0.25, 0.3) is 5.91 Å². The normalized spacial score (nSPS) is 10.6. The number of aryl methyl sites for hydroxylation is 2. The van der Waals surface area contributed by atoms with E-state index in [9.17, 15) is 4.79 Å². The minimum absolute atomic E-state index is 0.214. The zero-order valence-electron chi connectivity index (χ0n) is 11.5. The molecule has 0 aliphatic rings. The summed E-state index contributed by atoms with van der Waals surface area (Å²) in [7, 11) is 0. The molecule has 2 N–H and O–H groups in total. The van der Waals surface area contributed by atoms with Crippen molar-refractivity contribution >= 4 is 11.6 Å². The Morgan fingerprint density at radius 1 is 1.33 bits per heavy atom. The summed E-state index contributed by atoms with van der Waals surface area (Å²) in [6, 6.07) is 3.51. The molecule has 0 saturated carbocycles. The van der Waals surface area contributed by atoms with Gasteiger partial charge in [0.15, 0.2) is 5.82 Å². The van der Waals surface area contributed by atoms with Crippen molar-refractivity contribution in [2.45, 2.75) is 13.8 Å². The Kier molecular flexibility index (Phi) is 3.19. The van der Waals surface area contributed by atoms with Crippen LogP contribution < -0.4 is 5.32 Å². The van der Waals surface area contributed by atoms with Crippen molar-refractivity contribution in [3.05, 3.63) is 47.9 Å². The highest BCUT2D eigenvalue weighted by Gasteiger charge is 2.15. The van der Waals surface area contributed by atoms with Crippen LogP contribution in [0.3, 0.4) is 0 Å². The van der Waals surface area contributed by atoms with Crippen LogP contribution in [0.4, 0.5) is 5.69 Å². The third-order valence-electron chi connectivity index (χ3n) is 3.01. The Morgan fingerprint density at radius 3 is 2.76 bits per heavy atom. The number of rotatable bonds is 3. The number of anilines is 1. The van der Waals surface area contributed by atoms with Gasteiger partial charge in [0.05, 0.1) is 23.1 Å². The molecule has 0 aliphatic heterocycles. The van der Waals surface area contributed by atoms with Gasteiger partial charge in [-0.3, -0.25) is 9.89 Å². The van der Waals surface area contributed by atoms with Crippen LogP contribution >= 0.6 is 0 Å². The van der Waals surface area contributed by atoms with Crippen molar-refractivity contribution in [2.24, 2.45) is 0 Å². The van der Waals surface area contributed by atoms with Crippen LogP contribution in [0.5, 0.6) is 0 Å². The highest BCUT2D eigenvalue weighted by Crippen LogP contribution is 2.14. The molecule has 0 atom stereocenters. The molecule has 3 aromatic rings. The first-order chi connectivity index (χ1) is 10.1. The molecule has 8 heteroatoms. The van der Waals surface area contributed by atoms with Crippen molar-refractivity contribution < 1.29 is 4.79 Å². The topological polar surface area (TPSA) is 101 Å². The largest absolute Gasteiger partial charge is 0.320 e. The minimum Gasteiger partial charge on any atom is -0.320 e. The number of aromatic amines is 1. The molecule has 0 radical (unpaired) electrons. The molecule has 0 aromatic carbocycles. The van der Waals surface area contributed by atoms with E-state index in [1.807, 2.05) is 0 Å². The van der Waals surface area contributed by atoms with E-state index in [2.05, 4.69) is 30.6 Å². The fourth-order valence-electron chi connectivity index (χ4n) is 2.00. The van der Waals surface area contributed by atoms with Crippen LogP contribution in [-0.2, 0) is 0 Å². The molecule has 3 heterocycles. The van der Waals surface area contributed by atoms with Crippen LogP contribution in [0.1, 0.15) is 21.7 Å². The average molecular weight is 283 g/mol. The van der Waals surface area contributed by atoms with Gasteiger partial charge in [-0.1, -0.05) is 0 Å². The van der Waals surface area contributed by atoms with Crippen molar-refractivity contribution in [1.29, 1.82) is 0 Å². The summed E-state index contributed by atoms with van der Waals surface area (Å²) in [5.74, 6) is 0.412. The van der Waals surface area contributed by atoms with Gasteiger partial charge < -0.3 is 5.32 Å². The lowest BCUT2D eigenvalue weighted by Gasteiger charge is -2.06. The number of H-pyrrole nitrogens is 1. The molecule has 0 bridgehead atoms. The second kappa shape index (κ2) is 5.16. The van der Waals surface area contributed by atoms with Crippen molar-refractivity contribution in [3.63, 3.8) is 0 Å². The number of hydrogen-bond donors (Lipinski definition) is 2. The molecule has 0 unspecified atom stereocenters. The van der Waals surface area contributed by atoms with E-state index in [1.54, 1.807) is 38.5 Å². The molecule has 0 saturated heterocycles. The molecule has 3 aromatic heterocycles. The average Bonchev–Trinajstić information content (AvgIpc) is 3.10. The zero-order chi connectivity index (χ0) is 14.8. The van der Waals surface area contributed by atoms with Crippen LogP contribution in [0.25, 0.3) is 5.82 Å². The first kappa shape index (κ1) is 13.0. The van der Waals surface area contributed by atoms with Crippen LogP contribution in [0.15, 0.2) is 31.0 Å². The van der Waals surface area contributed by atoms with Gasteiger partial charge in [0.2, 0.25) is 0 Å². The summed E-state index contributed by atoms with van der Waals surface area (Å²) in [6.07, 6.45) is 4.56. The molecule has 0 spiro atoms. The first-order valence-electron chi connectivity index (χ1n) is 6.29. The van der Waals surface area contributed by atoms with E-state index in [1.165, 1.54) is 11.0 Å². The number of nitrogens with one attached hydrogen (secondary N) is 2. The van der Waals surface area contributed by atoms with Gasteiger partial charge in [-0.15, -0.1) is 0 Å². The smallest absolute Gasteiger partial charge is 0.259 e. The van der Waals surface area contributed by atoms with Gasteiger partial charge in [-0.25, -0.2) is 14.6 Å². The monoisotopic (exact) mass is 283 g/mol. The molecular formula is C13H13N7O. The van der Waals surface area contributed by atoms with E-state index in [0.717, 1.165) is 5.69 Å². The lowest BCUT2D eigenvalue weighted by Crippen LogP contribution is -2.14. The predicted molar refractivity (Wildman–Crippen MR) is 75.2 cm³/mol. The maximum atomic E-state index is 12.2. The standard InChI is InChI=1S/C13H13N7O/c1-8-12(9(2)19-18-8)13(21)17-10-3-4-11(15-5-10)20-7-14-6-16-20/h3-7H,1-2H3,(H,17,21)(H,18,19). The van der Waals surface area contributed by atoms with Gasteiger partial charge in [0, 0.05) is 5.69 Å². The van der Waals surface area contributed by atoms with E-state index < -0.39 is 0 Å². The number of carbonyl (C=O) groups excluding carboxylic acids is 1. The maximum absolute atomic E-state index is 12.2. The second-order valence-corrected chi connectivity index (χ2v) is 4.51. The summed E-state index contributed by atoms with van der Waals surface area (Å²) in [4.78, 5) is 20.3. The van der Waals surface area contributed by atoms with Gasteiger partial charge in [-0.05, 0) is 26.0 Å². The molecule has 21 heavy (non-hydrogen) atoms. The third-order valence-corrected chi connectivity index (χ3v) is 3.01. The number of nitrogens with zero attached hydrogens (tertiary/aromatic N) is 5. The summed E-state index contributed by atoms with van der Waals surface area (Å²) < 4.78 is 1.54. The quantitative estimate of drug-likeness (QED) is 0.753. The van der Waals surface area contributed by atoms with E-state index in [4.69, 9.17) is 0 Å². The molecule has 106 valence electrons. The summed E-state index contributed by atoms with van der Waals surface area (Å²) in [6.45, 7) is 3.59. The van der Waals surface area contributed by atoms with Crippen molar-refractivity contribution in [1.82, 2.24) is 29.9 Å². The Morgan fingerprint density at radius 2 is 2.19 bits per heavy atom. The van der Waals surface area contributed by atoms with E-state index >= 15 is 0 Å². The fourth-order valence-corrected chi connectivity index (χ4v) is 2.00. The molecule has 0 fully saturated rings. The number of amides is 1. The Balaban J connectivity index is 1.78.